The van der Waals surface area contributed by atoms with E-state index < -0.39 is 5.82 Å². The molecule has 21 heavy (non-hydrogen) atoms. The van der Waals surface area contributed by atoms with Crippen LogP contribution in [0.5, 0.6) is 0 Å². The van der Waals surface area contributed by atoms with Gasteiger partial charge in [0.1, 0.15) is 0 Å². The molecule has 2 rings (SSSR count). The summed E-state index contributed by atoms with van der Waals surface area (Å²) in [6.07, 6.45) is 3.42. The molecule has 0 bridgehead atoms. The maximum absolute atomic E-state index is 13.5. The lowest BCUT2D eigenvalue weighted by Crippen LogP contribution is -2.39. The standard InChI is InChI=1S/C14H24FN5O/c1-19(2)13-12(15)8-17-14(18-13)16-5-7-20-6-3-4-11(9-20)10-21/h8,11,21H,3-7,9-10H2,1-2H3,(H,16,17,18)/t11-/m1/s1. The van der Waals surface area contributed by atoms with Gasteiger partial charge >= 0.3 is 0 Å². The van der Waals surface area contributed by atoms with Crippen LogP contribution in [0.4, 0.5) is 16.2 Å². The molecule has 118 valence electrons. The molecule has 1 atom stereocenters. The molecule has 1 aliphatic heterocycles. The molecule has 6 nitrogen and oxygen atoms in total. The fourth-order valence-corrected chi connectivity index (χ4v) is 2.59. The first-order valence-electron chi connectivity index (χ1n) is 7.37. The third-order valence-electron chi connectivity index (χ3n) is 3.72. The Kier molecular flexibility index (Phi) is 5.69. The number of nitrogens with zero attached hydrogens (tertiary/aromatic N) is 4. The lowest BCUT2D eigenvalue weighted by molar-refractivity contribution is 0.123. The zero-order valence-corrected chi connectivity index (χ0v) is 12.7. The SMILES string of the molecule is CN(C)c1nc(NCCN2CCC[C@@H](CO)C2)ncc1F. The topological polar surface area (TPSA) is 64.5 Å². The first-order valence-corrected chi connectivity index (χ1v) is 7.37. The Bertz CT molecular complexity index is 457. The molecule has 0 radical (unpaired) electrons. The average molecular weight is 297 g/mol. The van der Waals surface area contributed by atoms with Gasteiger partial charge in [-0.3, -0.25) is 0 Å². The fraction of sp³-hybridized carbons (Fsp3) is 0.714. The number of likely N-dealkylation sites (tertiary alicyclic amines) is 1. The maximum Gasteiger partial charge on any atom is 0.224 e. The molecule has 0 spiro atoms. The van der Waals surface area contributed by atoms with E-state index in [0.717, 1.165) is 32.5 Å². The molecule has 7 heteroatoms. The van der Waals surface area contributed by atoms with Gasteiger partial charge in [0, 0.05) is 40.3 Å². The van der Waals surface area contributed by atoms with Crippen LogP contribution < -0.4 is 10.2 Å². The summed E-state index contributed by atoms with van der Waals surface area (Å²) in [7, 11) is 3.50. The van der Waals surface area contributed by atoms with Crippen molar-refractivity contribution in [1.29, 1.82) is 0 Å². The van der Waals surface area contributed by atoms with E-state index in [4.69, 9.17) is 0 Å². The van der Waals surface area contributed by atoms with Crippen LogP contribution in [-0.4, -0.2) is 66.9 Å². The molecule has 0 unspecified atom stereocenters. The quantitative estimate of drug-likeness (QED) is 0.810. The number of anilines is 2. The second kappa shape index (κ2) is 7.51. The predicted molar refractivity (Wildman–Crippen MR) is 81.1 cm³/mol. The second-order valence-corrected chi connectivity index (χ2v) is 5.68. The van der Waals surface area contributed by atoms with E-state index >= 15 is 0 Å². The van der Waals surface area contributed by atoms with Crippen LogP contribution in [0.2, 0.25) is 0 Å². The molecule has 0 aliphatic carbocycles. The second-order valence-electron chi connectivity index (χ2n) is 5.68. The summed E-state index contributed by atoms with van der Waals surface area (Å²) in [5, 5.41) is 12.3. The van der Waals surface area contributed by atoms with Crippen molar-refractivity contribution in [2.45, 2.75) is 12.8 Å². The van der Waals surface area contributed by atoms with Crippen LogP contribution in [0.25, 0.3) is 0 Å². The number of piperidine rings is 1. The van der Waals surface area contributed by atoms with Crippen molar-refractivity contribution < 1.29 is 9.50 Å². The molecule has 0 aromatic carbocycles. The highest BCUT2D eigenvalue weighted by molar-refractivity contribution is 5.42. The van der Waals surface area contributed by atoms with Gasteiger partial charge in [0.2, 0.25) is 5.95 Å². The summed E-state index contributed by atoms with van der Waals surface area (Å²) < 4.78 is 13.5. The van der Waals surface area contributed by atoms with Gasteiger partial charge in [0.25, 0.3) is 0 Å². The first-order chi connectivity index (χ1) is 10.1. The zero-order chi connectivity index (χ0) is 15.2. The molecule has 1 aromatic rings. The lowest BCUT2D eigenvalue weighted by atomic mass is 9.99. The highest BCUT2D eigenvalue weighted by Crippen LogP contribution is 2.16. The van der Waals surface area contributed by atoms with Gasteiger partial charge in [0.05, 0.1) is 6.20 Å². The van der Waals surface area contributed by atoms with Crippen LogP contribution in [0, 0.1) is 11.7 Å². The third kappa shape index (κ3) is 4.50. The monoisotopic (exact) mass is 297 g/mol. The smallest absolute Gasteiger partial charge is 0.224 e. The van der Waals surface area contributed by atoms with Crippen molar-refractivity contribution in [3.8, 4) is 0 Å². The average Bonchev–Trinajstić information content (AvgIpc) is 2.49. The normalized spacial score (nSPS) is 19.5. The molecule has 1 aromatic heterocycles. The lowest BCUT2D eigenvalue weighted by Gasteiger charge is -2.31. The van der Waals surface area contributed by atoms with Gasteiger partial charge in [-0.2, -0.15) is 4.98 Å². The van der Waals surface area contributed by atoms with Crippen LogP contribution in [0.15, 0.2) is 6.20 Å². The van der Waals surface area contributed by atoms with Gasteiger partial charge in [-0.15, -0.1) is 0 Å². The summed E-state index contributed by atoms with van der Waals surface area (Å²) in [5.41, 5.74) is 0. The number of halogens is 1. The van der Waals surface area contributed by atoms with Crippen LogP contribution >= 0.6 is 0 Å². The summed E-state index contributed by atoms with van der Waals surface area (Å²) in [6.45, 7) is 3.83. The van der Waals surface area contributed by atoms with Crippen LogP contribution in [-0.2, 0) is 0 Å². The number of rotatable bonds is 6. The van der Waals surface area contributed by atoms with Gasteiger partial charge in [-0.1, -0.05) is 0 Å². The van der Waals surface area contributed by atoms with E-state index in [1.54, 1.807) is 19.0 Å². The molecule has 0 amide bonds. The number of hydrogen-bond acceptors (Lipinski definition) is 6. The van der Waals surface area contributed by atoms with Crippen molar-refractivity contribution >= 4 is 11.8 Å². The Morgan fingerprint density at radius 2 is 2.33 bits per heavy atom. The van der Waals surface area contributed by atoms with Gasteiger partial charge in [-0.05, 0) is 25.3 Å². The molecule has 1 fully saturated rings. The van der Waals surface area contributed by atoms with Crippen molar-refractivity contribution in [3.05, 3.63) is 12.0 Å². The Morgan fingerprint density at radius 1 is 1.52 bits per heavy atom. The van der Waals surface area contributed by atoms with E-state index in [9.17, 15) is 9.50 Å². The van der Waals surface area contributed by atoms with E-state index in [1.165, 1.54) is 6.20 Å². The van der Waals surface area contributed by atoms with Crippen molar-refractivity contribution in [1.82, 2.24) is 14.9 Å². The number of hydrogen-bond donors (Lipinski definition) is 2. The zero-order valence-electron chi connectivity index (χ0n) is 12.7. The fourth-order valence-electron chi connectivity index (χ4n) is 2.59. The van der Waals surface area contributed by atoms with Gasteiger partial charge < -0.3 is 20.2 Å². The number of nitrogens with one attached hydrogen (secondary N) is 1. The summed E-state index contributed by atoms with van der Waals surface area (Å²) in [5.74, 6) is 0.690. The van der Waals surface area contributed by atoms with E-state index in [2.05, 4.69) is 20.2 Å². The highest BCUT2D eigenvalue weighted by atomic mass is 19.1. The van der Waals surface area contributed by atoms with Crippen LogP contribution in [0.3, 0.4) is 0 Å². The highest BCUT2D eigenvalue weighted by Gasteiger charge is 2.18. The number of aromatic nitrogens is 2. The molecule has 0 saturated carbocycles. The minimum absolute atomic E-state index is 0.261. The van der Waals surface area contributed by atoms with E-state index in [1.807, 2.05) is 0 Å². The van der Waals surface area contributed by atoms with E-state index in [0.29, 0.717) is 18.4 Å². The predicted octanol–water partition coefficient (Wildman–Crippen LogP) is 0.798. The Hall–Kier alpha value is -1.47. The summed E-state index contributed by atoms with van der Waals surface area (Å²) in [4.78, 5) is 12.1. The molecule has 1 aliphatic rings. The molecule has 2 heterocycles. The van der Waals surface area contributed by atoms with Crippen molar-refractivity contribution in [3.63, 3.8) is 0 Å². The minimum atomic E-state index is -0.424. The third-order valence-corrected chi connectivity index (χ3v) is 3.72. The molecule has 1 saturated heterocycles. The Labute approximate surface area is 125 Å². The van der Waals surface area contributed by atoms with Crippen molar-refractivity contribution in [2.75, 3.05) is 57.1 Å². The molecule has 2 N–H and O–H groups in total. The first kappa shape index (κ1) is 15.9. The maximum atomic E-state index is 13.5. The Morgan fingerprint density at radius 3 is 3.05 bits per heavy atom. The largest absolute Gasteiger partial charge is 0.396 e. The van der Waals surface area contributed by atoms with E-state index in [-0.39, 0.29) is 12.4 Å². The molecular formula is C14H24FN5O. The summed E-state index contributed by atoms with van der Waals surface area (Å²) >= 11 is 0. The number of aliphatic hydroxyl groups is 1. The van der Waals surface area contributed by atoms with Gasteiger partial charge in [-0.25, -0.2) is 9.37 Å². The van der Waals surface area contributed by atoms with Crippen LogP contribution in [0.1, 0.15) is 12.8 Å². The number of aliphatic hydroxyl groups excluding tert-OH is 1. The minimum Gasteiger partial charge on any atom is -0.396 e. The van der Waals surface area contributed by atoms with Gasteiger partial charge in [0.15, 0.2) is 11.6 Å². The Balaban J connectivity index is 1.82. The van der Waals surface area contributed by atoms with Crippen molar-refractivity contribution in [2.24, 2.45) is 5.92 Å². The summed E-state index contributed by atoms with van der Waals surface area (Å²) in [6, 6.07) is 0. The molecular weight excluding hydrogens is 273 g/mol.